The van der Waals surface area contributed by atoms with Crippen LogP contribution in [0.15, 0.2) is 54.7 Å². The van der Waals surface area contributed by atoms with Crippen LogP contribution in [0, 0.1) is 0 Å². The molecule has 1 aliphatic rings. The maximum absolute atomic E-state index is 13.0. The molecule has 1 aliphatic heterocycles. The standard InChI is InChI=1S/C23H24N4O2/c1-2-17-10-3-4-15-27(17)23(29)20-13-6-12-19(25-20)22(28)26-18-11-5-8-16-9-7-14-24-21(16)18/h5-9,11-14,17H,2-4,10,15H2,1H3,(H,26,28). The number of benzene rings is 1. The molecule has 1 N–H and O–H groups in total. The van der Waals surface area contributed by atoms with Crippen molar-refractivity contribution in [2.75, 3.05) is 11.9 Å². The molecule has 4 rings (SSSR count). The quantitative estimate of drug-likeness (QED) is 0.724. The largest absolute Gasteiger partial charge is 0.334 e. The number of nitrogens with zero attached hydrogens (tertiary/aromatic N) is 3. The Bertz CT molecular complexity index is 1040. The number of likely N-dealkylation sites (tertiary alicyclic amines) is 1. The zero-order valence-corrected chi connectivity index (χ0v) is 16.5. The zero-order chi connectivity index (χ0) is 20.2. The van der Waals surface area contributed by atoms with E-state index in [-0.39, 0.29) is 23.6 Å². The molecular formula is C23H24N4O2. The van der Waals surface area contributed by atoms with E-state index < -0.39 is 0 Å². The molecule has 1 atom stereocenters. The highest BCUT2D eigenvalue weighted by molar-refractivity contribution is 6.07. The number of nitrogens with one attached hydrogen (secondary N) is 1. The maximum Gasteiger partial charge on any atom is 0.274 e. The van der Waals surface area contributed by atoms with Crippen molar-refractivity contribution < 1.29 is 9.59 Å². The van der Waals surface area contributed by atoms with Gasteiger partial charge in [0, 0.05) is 24.2 Å². The van der Waals surface area contributed by atoms with Crippen molar-refractivity contribution in [1.29, 1.82) is 0 Å². The zero-order valence-electron chi connectivity index (χ0n) is 16.5. The number of rotatable bonds is 4. The normalized spacial score (nSPS) is 16.6. The Labute approximate surface area is 170 Å². The Morgan fingerprint density at radius 2 is 1.86 bits per heavy atom. The third kappa shape index (κ3) is 3.97. The first kappa shape index (κ1) is 19.1. The fraction of sp³-hybridized carbons (Fsp3) is 0.304. The molecule has 0 bridgehead atoms. The van der Waals surface area contributed by atoms with E-state index in [9.17, 15) is 9.59 Å². The van der Waals surface area contributed by atoms with Gasteiger partial charge in [0.15, 0.2) is 0 Å². The van der Waals surface area contributed by atoms with Crippen LogP contribution in [-0.2, 0) is 0 Å². The molecule has 3 aromatic rings. The average Bonchev–Trinajstić information content (AvgIpc) is 2.79. The van der Waals surface area contributed by atoms with E-state index in [0.29, 0.717) is 11.4 Å². The van der Waals surface area contributed by atoms with Crippen LogP contribution in [0.3, 0.4) is 0 Å². The monoisotopic (exact) mass is 388 g/mol. The van der Waals surface area contributed by atoms with Gasteiger partial charge in [-0.05, 0) is 49.9 Å². The highest BCUT2D eigenvalue weighted by atomic mass is 16.2. The molecule has 29 heavy (non-hydrogen) atoms. The van der Waals surface area contributed by atoms with Gasteiger partial charge in [0.05, 0.1) is 11.2 Å². The molecule has 0 radical (unpaired) electrons. The summed E-state index contributed by atoms with van der Waals surface area (Å²) in [4.78, 5) is 36.4. The van der Waals surface area contributed by atoms with Crippen LogP contribution in [0.25, 0.3) is 10.9 Å². The molecule has 2 amide bonds. The molecule has 6 heteroatoms. The number of hydrogen-bond donors (Lipinski definition) is 1. The lowest BCUT2D eigenvalue weighted by Crippen LogP contribution is -2.43. The molecular weight excluding hydrogens is 364 g/mol. The van der Waals surface area contributed by atoms with Gasteiger partial charge in [0.1, 0.15) is 11.4 Å². The SMILES string of the molecule is CCC1CCCCN1C(=O)c1cccc(C(=O)Nc2cccc3cccnc23)n1. The first-order valence-corrected chi connectivity index (χ1v) is 10.1. The van der Waals surface area contributed by atoms with E-state index in [2.05, 4.69) is 22.2 Å². The summed E-state index contributed by atoms with van der Waals surface area (Å²) >= 11 is 0. The van der Waals surface area contributed by atoms with Crippen LogP contribution >= 0.6 is 0 Å². The van der Waals surface area contributed by atoms with Gasteiger partial charge in [-0.25, -0.2) is 4.98 Å². The van der Waals surface area contributed by atoms with Gasteiger partial charge in [-0.2, -0.15) is 0 Å². The first-order chi connectivity index (χ1) is 14.2. The van der Waals surface area contributed by atoms with Gasteiger partial charge in [0.25, 0.3) is 11.8 Å². The molecule has 1 saturated heterocycles. The van der Waals surface area contributed by atoms with Crippen LogP contribution in [0.2, 0.25) is 0 Å². The summed E-state index contributed by atoms with van der Waals surface area (Å²) in [5, 5.41) is 3.82. The van der Waals surface area contributed by atoms with Crippen LogP contribution in [-0.4, -0.2) is 39.3 Å². The molecule has 0 aliphatic carbocycles. The number of amides is 2. The molecule has 3 heterocycles. The van der Waals surface area contributed by atoms with Crippen molar-refractivity contribution in [3.8, 4) is 0 Å². The Kier molecular flexibility index (Phi) is 5.51. The summed E-state index contributed by atoms with van der Waals surface area (Å²) in [6, 6.07) is 14.7. The summed E-state index contributed by atoms with van der Waals surface area (Å²) in [5.74, 6) is -0.457. The van der Waals surface area contributed by atoms with Crippen LogP contribution in [0.4, 0.5) is 5.69 Å². The van der Waals surface area contributed by atoms with E-state index in [4.69, 9.17) is 0 Å². The molecule has 0 spiro atoms. The number of carbonyl (C=O) groups excluding carboxylic acids is 2. The van der Waals surface area contributed by atoms with Gasteiger partial charge in [-0.15, -0.1) is 0 Å². The summed E-state index contributed by atoms with van der Waals surface area (Å²) < 4.78 is 0. The molecule has 0 saturated carbocycles. The molecule has 1 unspecified atom stereocenters. The van der Waals surface area contributed by atoms with Gasteiger partial charge >= 0.3 is 0 Å². The van der Waals surface area contributed by atoms with Crippen LogP contribution in [0.5, 0.6) is 0 Å². The number of piperidine rings is 1. The van der Waals surface area contributed by atoms with Crippen LogP contribution in [0.1, 0.15) is 53.6 Å². The second kappa shape index (κ2) is 8.39. The topological polar surface area (TPSA) is 75.2 Å². The predicted octanol–water partition coefficient (Wildman–Crippen LogP) is 4.29. The number of hydrogen-bond acceptors (Lipinski definition) is 4. The second-order valence-corrected chi connectivity index (χ2v) is 7.30. The van der Waals surface area contributed by atoms with E-state index in [1.165, 1.54) is 0 Å². The molecule has 2 aromatic heterocycles. The van der Waals surface area contributed by atoms with Crippen molar-refractivity contribution >= 4 is 28.4 Å². The molecule has 1 fully saturated rings. The maximum atomic E-state index is 13.0. The highest BCUT2D eigenvalue weighted by Gasteiger charge is 2.27. The fourth-order valence-corrected chi connectivity index (χ4v) is 3.91. The van der Waals surface area contributed by atoms with Crippen LogP contribution < -0.4 is 5.32 Å². The Morgan fingerprint density at radius 3 is 2.72 bits per heavy atom. The first-order valence-electron chi connectivity index (χ1n) is 10.1. The van der Waals surface area contributed by atoms with Gasteiger partial charge < -0.3 is 10.2 Å². The van der Waals surface area contributed by atoms with E-state index >= 15 is 0 Å². The fourth-order valence-electron chi connectivity index (χ4n) is 3.91. The number of aromatic nitrogens is 2. The number of carbonyl (C=O) groups is 2. The third-order valence-electron chi connectivity index (χ3n) is 5.44. The van der Waals surface area contributed by atoms with E-state index in [1.807, 2.05) is 35.2 Å². The number of anilines is 1. The average molecular weight is 388 g/mol. The smallest absolute Gasteiger partial charge is 0.274 e. The second-order valence-electron chi connectivity index (χ2n) is 7.30. The van der Waals surface area contributed by atoms with Gasteiger partial charge in [-0.1, -0.05) is 31.2 Å². The van der Waals surface area contributed by atoms with Gasteiger partial charge in [-0.3, -0.25) is 14.6 Å². The summed E-state index contributed by atoms with van der Waals surface area (Å²) in [7, 11) is 0. The van der Waals surface area contributed by atoms with E-state index in [0.717, 1.165) is 43.1 Å². The van der Waals surface area contributed by atoms with Gasteiger partial charge in [0.2, 0.25) is 0 Å². The lowest BCUT2D eigenvalue weighted by molar-refractivity contribution is 0.0602. The Balaban J connectivity index is 1.56. The highest BCUT2D eigenvalue weighted by Crippen LogP contribution is 2.23. The third-order valence-corrected chi connectivity index (χ3v) is 5.44. The van der Waals surface area contributed by atoms with Crippen molar-refractivity contribution in [3.63, 3.8) is 0 Å². The summed E-state index contributed by atoms with van der Waals surface area (Å²) in [6.45, 7) is 2.85. The lowest BCUT2D eigenvalue weighted by atomic mass is 9.99. The Morgan fingerprint density at radius 1 is 1.07 bits per heavy atom. The van der Waals surface area contributed by atoms with Crippen molar-refractivity contribution in [3.05, 3.63) is 66.1 Å². The number of fused-ring (bicyclic) bond motifs is 1. The predicted molar refractivity (Wildman–Crippen MR) is 113 cm³/mol. The molecule has 6 nitrogen and oxygen atoms in total. The lowest BCUT2D eigenvalue weighted by Gasteiger charge is -2.35. The Hall–Kier alpha value is -3.28. The molecule has 1 aromatic carbocycles. The van der Waals surface area contributed by atoms with Crippen molar-refractivity contribution in [1.82, 2.24) is 14.9 Å². The number of para-hydroxylation sites is 1. The van der Waals surface area contributed by atoms with E-state index in [1.54, 1.807) is 24.4 Å². The van der Waals surface area contributed by atoms with Crippen molar-refractivity contribution in [2.24, 2.45) is 0 Å². The minimum absolute atomic E-state index is 0.0990. The number of pyridine rings is 2. The van der Waals surface area contributed by atoms with Crippen molar-refractivity contribution in [2.45, 2.75) is 38.6 Å². The minimum Gasteiger partial charge on any atom is -0.334 e. The summed E-state index contributed by atoms with van der Waals surface area (Å²) in [6.07, 6.45) is 5.81. The summed E-state index contributed by atoms with van der Waals surface area (Å²) in [5.41, 5.74) is 1.87. The minimum atomic E-state index is -0.358. The molecule has 148 valence electrons.